The van der Waals surface area contributed by atoms with Crippen molar-refractivity contribution >= 4 is 24.1 Å². The van der Waals surface area contributed by atoms with Crippen LogP contribution in [0.2, 0.25) is 0 Å². The van der Waals surface area contributed by atoms with Gasteiger partial charge in [0.15, 0.2) is 0 Å². The van der Waals surface area contributed by atoms with Crippen LogP contribution in [0.1, 0.15) is 36.2 Å². The molecule has 0 aromatic carbocycles. The molecule has 1 aliphatic heterocycles. The third-order valence-electron chi connectivity index (χ3n) is 3.10. The van der Waals surface area contributed by atoms with Crippen LogP contribution in [0.15, 0.2) is 12.4 Å². The molecule has 1 saturated heterocycles. The third-order valence-corrected chi connectivity index (χ3v) is 3.10. The number of amides is 1. The Bertz CT molecular complexity index is 409. The topological polar surface area (TPSA) is 92.9 Å². The molecule has 4 N–H and O–H groups in total. The van der Waals surface area contributed by atoms with E-state index in [2.05, 4.69) is 20.6 Å². The van der Waals surface area contributed by atoms with E-state index in [1.807, 2.05) is 0 Å². The van der Waals surface area contributed by atoms with Crippen molar-refractivity contribution < 1.29 is 4.79 Å². The minimum atomic E-state index is -0.555. The summed E-state index contributed by atoms with van der Waals surface area (Å²) in [7, 11) is 0. The predicted molar refractivity (Wildman–Crippen MR) is 76.5 cm³/mol. The number of anilines is 1. The van der Waals surface area contributed by atoms with Crippen LogP contribution in [0.5, 0.6) is 0 Å². The molecule has 1 unspecified atom stereocenters. The summed E-state index contributed by atoms with van der Waals surface area (Å²) in [5, 5.41) is 6.65. The zero-order valence-corrected chi connectivity index (χ0v) is 11.6. The number of hydrogen-bond donors (Lipinski definition) is 3. The van der Waals surface area contributed by atoms with Crippen molar-refractivity contribution in [2.45, 2.75) is 31.7 Å². The van der Waals surface area contributed by atoms with Gasteiger partial charge in [-0.25, -0.2) is 4.98 Å². The maximum atomic E-state index is 11.0. The second-order valence-corrected chi connectivity index (χ2v) is 4.52. The van der Waals surface area contributed by atoms with Gasteiger partial charge >= 0.3 is 0 Å². The van der Waals surface area contributed by atoms with E-state index >= 15 is 0 Å². The second-order valence-electron chi connectivity index (χ2n) is 4.52. The van der Waals surface area contributed by atoms with Crippen molar-refractivity contribution in [1.29, 1.82) is 0 Å². The largest absolute Gasteiger partial charge is 0.369 e. The fourth-order valence-corrected chi connectivity index (χ4v) is 2.11. The molecule has 2 heterocycles. The molecule has 19 heavy (non-hydrogen) atoms. The summed E-state index contributed by atoms with van der Waals surface area (Å²) in [5.74, 6) is 0.0437. The molecule has 0 spiro atoms. The van der Waals surface area contributed by atoms with Gasteiger partial charge in [-0.3, -0.25) is 9.78 Å². The Hall–Kier alpha value is -1.40. The molecule has 1 atom stereocenters. The summed E-state index contributed by atoms with van der Waals surface area (Å²) in [6.07, 6.45) is 7.82. The third kappa shape index (κ3) is 5.00. The SMILES string of the molecule is Cl.NC(=O)c1cncc(NCCC2CCCCN2)n1. The van der Waals surface area contributed by atoms with E-state index in [1.54, 1.807) is 6.20 Å². The fraction of sp³-hybridized carbons (Fsp3) is 0.583. The first-order valence-corrected chi connectivity index (χ1v) is 6.35. The summed E-state index contributed by atoms with van der Waals surface area (Å²) in [5.41, 5.74) is 5.34. The minimum Gasteiger partial charge on any atom is -0.369 e. The van der Waals surface area contributed by atoms with Crippen molar-refractivity contribution in [2.24, 2.45) is 5.73 Å². The highest BCUT2D eigenvalue weighted by Gasteiger charge is 2.11. The first kappa shape index (κ1) is 15.7. The summed E-state index contributed by atoms with van der Waals surface area (Å²) in [4.78, 5) is 19.0. The molecular formula is C12H20ClN5O. The van der Waals surface area contributed by atoms with Crippen LogP contribution in [-0.4, -0.2) is 35.0 Å². The monoisotopic (exact) mass is 285 g/mol. The van der Waals surface area contributed by atoms with Gasteiger partial charge in [0.05, 0.1) is 12.4 Å². The number of hydrogen-bond acceptors (Lipinski definition) is 5. The lowest BCUT2D eigenvalue weighted by molar-refractivity contribution is 0.0995. The Labute approximate surface area is 119 Å². The summed E-state index contributed by atoms with van der Waals surface area (Å²) < 4.78 is 0. The number of rotatable bonds is 5. The van der Waals surface area contributed by atoms with Gasteiger partial charge < -0.3 is 16.4 Å². The van der Waals surface area contributed by atoms with Crippen molar-refractivity contribution in [3.63, 3.8) is 0 Å². The molecule has 1 aliphatic rings. The number of halogens is 1. The average Bonchev–Trinajstić information content (AvgIpc) is 2.40. The van der Waals surface area contributed by atoms with Gasteiger partial charge in [-0.05, 0) is 25.8 Å². The van der Waals surface area contributed by atoms with Crippen LogP contribution in [0.3, 0.4) is 0 Å². The van der Waals surface area contributed by atoms with Crippen LogP contribution in [-0.2, 0) is 0 Å². The molecule has 0 bridgehead atoms. The lowest BCUT2D eigenvalue weighted by Gasteiger charge is -2.23. The fourth-order valence-electron chi connectivity index (χ4n) is 2.11. The molecule has 1 aromatic heterocycles. The Morgan fingerprint density at radius 3 is 3.00 bits per heavy atom. The molecule has 0 radical (unpaired) electrons. The van der Waals surface area contributed by atoms with Crippen molar-refractivity contribution in [3.05, 3.63) is 18.1 Å². The standard InChI is InChI=1S/C12H19N5O.ClH/c13-12(18)10-7-14-8-11(17-10)16-6-4-9-3-1-2-5-15-9;/h7-9,15H,1-6H2,(H2,13,18)(H,16,17);1H. The molecule has 6 nitrogen and oxygen atoms in total. The Balaban J connectivity index is 0.00000180. The molecule has 0 aliphatic carbocycles. The Morgan fingerprint density at radius 1 is 1.47 bits per heavy atom. The Morgan fingerprint density at radius 2 is 2.32 bits per heavy atom. The summed E-state index contributed by atoms with van der Waals surface area (Å²) >= 11 is 0. The number of nitrogens with two attached hydrogens (primary N) is 1. The number of carbonyl (C=O) groups excluding carboxylic acids is 1. The van der Waals surface area contributed by atoms with Crippen LogP contribution >= 0.6 is 12.4 Å². The molecule has 7 heteroatoms. The van der Waals surface area contributed by atoms with Crippen LogP contribution in [0, 0.1) is 0 Å². The van der Waals surface area contributed by atoms with Crippen LogP contribution < -0.4 is 16.4 Å². The number of aromatic nitrogens is 2. The first-order valence-electron chi connectivity index (χ1n) is 6.35. The van der Waals surface area contributed by atoms with Gasteiger partial charge in [-0.1, -0.05) is 6.42 Å². The Kier molecular flexibility index (Phi) is 6.52. The second kappa shape index (κ2) is 7.91. The van der Waals surface area contributed by atoms with E-state index in [1.165, 1.54) is 25.5 Å². The molecule has 2 rings (SSSR count). The molecular weight excluding hydrogens is 266 g/mol. The van der Waals surface area contributed by atoms with Gasteiger partial charge in [0.1, 0.15) is 11.5 Å². The molecule has 106 valence electrons. The normalized spacial score (nSPS) is 18.4. The maximum absolute atomic E-state index is 11.0. The zero-order valence-electron chi connectivity index (χ0n) is 10.8. The van der Waals surface area contributed by atoms with E-state index in [0.29, 0.717) is 11.9 Å². The van der Waals surface area contributed by atoms with Crippen LogP contribution in [0.25, 0.3) is 0 Å². The van der Waals surface area contributed by atoms with E-state index in [0.717, 1.165) is 19.5 Å². The average molecular weight is 286 g/mol. The lowest BCUT2D eigenvalue weighted by atomic mass is 10.0. The van der Waals surface area contributed by atoms with E-state index in [4.69, 9.17) is 5.73 Å². The van der Waals surface area contributed by atoms with Crippen LogP contribution in [0.4, 0.5) is 5.82 Å². The summed E-state index contributed by atoms with van der Waals surface area (Å²) in [6, 6.07) is 0.582. The number of piperidine rings is 1. The van der Waals surface area contributed by atoms with Gasteiger partial charge in [0.25, 0.3) is 5.91 Å². The van der Waals surface area contributed by atoms with Gasteiger partial charge in [0, 0.05) is 12.6 Å². The predicted octanol–water partition coefficient (Wildman–Crippen LogP) is 0.941. The van der Waals surface area contributed by atoms with Crippen molar-refractivity contribution in [1.82, 2.24) is 15.3 Å². The summed E-state index contributed by atoms with van der Waals surface area (Å²) in [6.45, 7) is 1.93. The highest BCUT2D eigenvalue weighted by atomic mass is 35.5. The molecule has 0 saturated carbocycles. The van der Waals surface area contributed by atoms with E-state index < -0.39 is 5.91 Å². The number of primary amides is 1. The molecule has 1 amide bonds. The number of carbonyl (C=O) groups is 1. The number of nitrogens with zero attached hydrogens (tertiary/aromatic N) is 2. The number of nitrogens with one attached hydrogen (secondary N) is 2. The minimum absolute atomic E-state index is 0. The van der Waals surface area contributed by atoms with E-state index in [-0.39, 0.29) is 18.1 Å². The quantitative estimate of drug-likeness (QED) is 0.749. The van der Waals surface area contributed by atoms with Gasteiger partial charge in [-0.15, -0.1) is 12.4 Å². The molecule has 1 aromatic rings. The maximum Gasteiger partial charge on any atom is 0.268 e. The van der Waals surface area contributed by atoms with Gasteiger partial charge in [-0.2, -0.15) is 0 Å². The smallest absolute Gasteiger partial charge is 0.268 e. The first-order chi connectivity index (χ1) is 8.75. The molecule has 1 fully saturated rings. The van der Waals surface area contributed by atoms with E-state index in [9.17, 15) is 4.79 Å². The van der Waals surface area contributed by atoms with Crippen molar-refractivity contribution in [3.8, 4) is 0 Å². The highest BCUT2D eigenvalue weighted by molar-refractivity contribution is 5.90. The zero-order chi connectivity index (χ0) is 12.8. The van der Waals surface area contributed by atoms with Crippen molar-refractivity contribution in [2.75, 3.05) is 18.4 Å². The lowest BCUT2D eigenvalue weighted by Crippen LogP contribution is -2.35. The van der Waals surface area contributed by atoms with Gasteiger partial charge in [0.2, 0.25) is 0 Å². The highest BCUT2D eigenvalue weighted by Crippen LogP contribution is 2.10.